The molecule has 0 aliphatic carbocycles. The van der Waals surface area contributed by atoms with Crippen LogP contribution in [0.5, 0.6) is 0 Å². The molecule has 1 N–H and O–H groups in total. The third kappa shape index (κ3) is 4.42. The number of rotatable bonds is 4. The molecule has 0 saturated carbocycles. The zero-order chi connectivity index (χ0) is 19.6. The van der Waals surface area contributed by atoms with E-state index < -0.39 is 17.5 Å². The molecule has 1 aromatic heterocycles. The smallest absolute Gasteiger partial charge is 0.407 e. The lowest BCUT2D eigenvalue weighted by Crippen LogP contribution is -2.33. The second-order valence-corrected chi connectivity index (χ2v) is 8.25. The van der Waals surface area contributed by atoms with Crippen molar-refractivity contribution < 1.29 is 13.9 Å². The van der Waals surface area contributed by atoms with Crippen LogP contribution in [0.15, 0.2) is 29.6 Å². The van der Waals surface area contributed by atoms with Crippen molar-refractivity contribution in [1.29, 1.82) is 5.26 Å². The number of nitrogens with one attached hydrogen (secondary N) is 1. The molecule has 8 heteroatoms. The van der Waals surface area contributed by atoms with Crippen molar-refractivity contribution in [1.82, 2.24) is 14.9 Å². The maximum absolute atomic E-state index is 14.0. The van der Waals surface area contributed by atoms with Crippen molar-refractivity contribution in [2.24, 2.45) is 0 Å². The van der Waals surface area contributed by atoms with Gasteiger partial charge in [0, 0.05) is 30.6 Å². The number of hydrogen-bond acceptors (Lipinski definition) is 5. The van der Waals surface area contributed by atoms with Crippen LogP contribution < -0.4 is 5.32 Å². The highest BCUT2D eigenvalue weighted by Crippen LogP contribution is 2.38. The predicted octanol–water partition coefficient (Wildman–Crippen LogP) is 3.66. The number of alkyl carbamates (subject to hydrolysis) is 1. The molecule has 27 heavy (non-hydrogen) atoms. The van der Waals surface area contributed by atoms with Crippen LogP contribution in [0.25, 0.3) is 0 Å². The van der Waals surface area contributed by atoms with E-state index in [0.717, 1.165) is 22.2 Å². The summed E-state index contributed by atoms with van der Waals surface area (Å²) in [5, 5.41) is 12.5. The lowest BCUT2D eigenvalue weighted by atomic mass is 10.1. The van der Waals surface area contributed by atoms with Gasteiger partial charge in [-0.2, -0.15) is 5.26 Å². The molecule has 1 aliphatic rings. The van der Waals surface area contributed by atoms with Crippen molar-refractivity contribution in [2.45, 2.75) is 44.0 Å². The first kappa shape index (κ1) is 19.2. The molecule has 1 atom stereocenters. The molecule has 142 valence electrons. The lowest BCUT2D eigenvalue weighted by molar-refractivity contribution is 0.0528. The van der Waals surface area contributed by atoms with Gasteiger partial charge in [0.25, 0.3) is 0 Å². The minimum Gasteiger partial charge on any atom is -0.444 e. The van der Waals surface area contributed by atoms with Gasteiger partial charge in [-0.3, -0.25) is 0 Å². The maximum atomic E-state index is 14.0. The van der Waals surface area contributed by atoms with E-state index in [4.69, 9.17) is 10.00 Å². The summed E-state index contributed by atoms with van der Waals surface area (Å²) in [4.78, 5) is 16.2. The number of aromatic nitrogens is 2. The van der Waals surface area contributed by atoms with Crippen molar-refractivity contribution in [3.8, 4) is 6.07 Å². The molecule has 0 fully saturated rings. The molecule has 2 heterocycles. The standard InChI is InChI=1S/C19H21FN4O2S/c1-19(2,3)26-18(25)22-7-6-14-10-23-17-24(14)16(11-27-17)12-4-5-13(9-21)15(20)8-12/h4-5,8,10,16H,6-7,11H2,1-3H3,(H,22,25). The Bertz CT molecular complexity index is 898. The van der Waals surface area contributed by atoms with E-state index in [-0.39, 0.29) is 11.6 Å². The van der Waals surface area contributed by atoms with Gasteiger partial charge in [-0.1, -0.05) is 17.8 Å². The molecular weight excluding hydrogens is 367 g/mol. The van der Waals surface area contributed by atoms with E-state index in [9.17, 15) is 9.18 Å². The fraction of sp³-hybridized carbons (Fsp3) is 0.421. The number of amides is 1. The molecular formula is C19H21FN4O2S. The molecule has 6 nitrogen and oxygen atoms in total. The summed E-state index contributed by atoms with van der Waals surface area (Å²) >= 11 is 1.61. The summed E-state index contributed by atoms with van der Waals surface area (Å²) in [6.07, 6.45) is 1.91. The van der Waals surface area contributed by atoms with Gasteiger partial charge in [0.1, 0.15) is 17.5 Å². The molecule has 0 radical (unpaired) electrons. The van der Waals surface area contributed by atoms with E-state index in [1.807, 2.05) is 26.8 Å². The number of halogens is 1. The van der Waals surface area contributed by atoms with Crippen LogP contribution in [0.4, 0.5) is 9.18 Å². The van der Waals surface area contributed by atoms with Crippen LogP contribution in [0, 0.1) is 17.1 Å². The zero-order valence-electron chi connectivity index (χ0n) is 15.5. The second-order valence-electron chi connectivity index (χ2n) is 7.26. The predicted molar refractivity (Wildman–Crippen MR) is 100 cm³/mol. The van der Waals surface area contributed by atoms with Gasteiger partial charge in [0.2, 0.25) is 0 Å². The van der Waals surface area contributed by atoms with Crippen LogP contribution in [-0.4, -0.2) is 33.5 Å². The number of benzene rings is 1. The SMILES string of the molecule is CC(C)(C)OC(=O)NCCc1cnc2n1C(c1ccc(C#N)c(F)c1)CS2. The number of imidazole rings is 1. The van der Waals surface area contributed by atoms with Crippen LogP contribution in [-0.2, 0) is 11.2 Å². The van der Waals surface area contributed by atoms with Crippen LogP contribution >= 0.6 is 11.8 Å². The number of carbonyl (C=O) groups excluding carboxylic acids is 1. The third-order valence-electron chi connectivity index (χ3n) is 4.07. The van der Waals surface area contributed by atoms with Gasteiger partial charge in [0.05, 0.1) is 11.6 Å². The van der Waals surface area contributed by atoms with E-state index in [2.05, 4.69) is 14.9 Å². The molecule has 1 aromatic carbocycles. The first-order chi connectivity index (χ1) is 12.8. The molecule has 0 bridgehead atoms. The number of hydrogen-bond donors (Lipinski definition) is 1. The van der Waals surface area contributed by atoms with E-state index in [1.54, 1.807) is 24.0 Å². The second kappa shape index (κ2) is 7.61. The Labute approximate surface area is 161 Å². The van der Waals surface area contributed by atoms with Crippen molar-refractivity contribution in [3.05, 3.63) is 47.0 Å². The summed E-state index contributed by atoms with van der Waals surface area (Å²) < 4.78 is 21.3. The van der Waals surface area contributed by atoms with Crippen molar-refractivity contribution in [3.63, 3.8) is 0 Å². The summed E-state index contributed by atoms with van der Waals surface area (Å²) in [6, 6.07) is 6.50. The van der Waals surface area contributed by atoms with E-state index in [1.165, 1.54) is 12.1 Å². The van der Waals surface area contributed by atoms with Crippen LogP contribution in [0.1, 0.15) is 43.6 Å². The number of thioether (sulfide) groups is 1. The summed E-state index contributed by atoms with van der Waals surface area (Å²) in [6.45, 7) is 5.86. The monoisotopic (exact) mass is 388 g/mol. The van der Waals surface area contributed by atoms with Crippen molar-refractivity contribution in [2.75, 3.05) is 12.3 Å². The van der Waals surface area contributed by atoms with Gasteiger partial charge in [-0.05, 0) is 38.5 Å². The Morgan fingerprint density at radius 1 is 1.52 bits per heavy atom. The van der Waals surface area contributed by atoms with E-state index >= 15 is 0 Å². The van der Waals surface area contributed by atoms with Gasteiger partial charge in [0.15, 0.2) is 5.16 Å². The van der Waals surface area contributed by atoms with Gasteiger partial charge in [-0.25, -0.2) is 14.2 Å². The average molecular weight is 388 g/mol. The van der Waals surface area contributed by atoms with Crippen molar-refractivity contribution >= 4 is 17.9 Å². The minimum atomic E-state index is -0.538. The highest BCUT2D eigenvalue weighted by atomic mass is 32.2. The number of ether oxygens (including phenoxy) is 1. The number of nitriles is 1. The molecule has 0 spiro atoms. The summed E-state index contributed by atoms with van der Waals surface area (Å²) in [5.74, 6) is 0.239. The highest BCUT2D eigenvalue weighted by molar-refractivity contribution is 7.99. The molecule has 3 rings (SSSR count). The molecule has 2 aromatic rings. The van der Waals surface area contributed by atoms with Crippen LogP contribution in [0.3, 0.4) is 0 Å². The Morgan fingerprint density at radius 2 is 2.30 bits per heavy atom. The third-order valence-corrected chi connectivity index (χ3v) is 5.11. The van der Waals surface area contributed by atoms with Gasteiger partial charge in [-0.15, -0.1) is 0 Å². The Morgan fingerprint density at radius 3 is 2.96 bits per heavy atom. The normalized spacial score (nSPS) is 15.9. The Hall–Kier alpha value is -2.53. The molecule has 1 amide bonds. The lowest BCUT2D eigenvalue weighted by Gasteiger charge is -2.20. The number of carbonyl (C=O) groups is 1. The quantitative estimate of drug-likeness (QED) is 0.865. The van der Waals surface area contributed by atoms with Gasteiger partial charge >= 0.3 is 6.09 Å². The topological polar surface area (TPSA) is 79.9 Å². The zero-order valence-corrected chi connectivity index (χ0v) is 16.3. The first-order valence-electron chi connectivity index (χ1n) is 8.64. The highest BCUT2D eigenvalue weighted by Gasteiger charge is 2.28. The molecule has 1 unspecified atom stereocenters. The fourth-order valence-corrected chi connectivity index (χ4v) is 4.07. The van der Waals surface area contributed by atoms with E-state index in [0.29, 0.717) is 13.0 Å². The van der Waals surface area contributed by atoms with Crippen LogP contribution in [0.2, 0.25) is 0 Å². The number of fused-ring (bicyclic) bond motifs is 1. The Kier molecular flexibility index (Phi) is 5.42. The fourth-order valence-electron chi connectivity index (χ4n) is 2.91. The largest absolute Gasteiger partial charge is 0.444 e. The van der Waals surface area contributed by atoms with Gasteiger partial charge < -0.3 is 14.6 Å². The Balaban J connectivity index is 1.70. The summed E-state index contributed by atoms with van der Waals surface area (Å²) in [5.41, 5.74) is 1.26. The molecule has 1 aliphatic heterocycles. The molecule has 0 saturated heterocycles. The maximum Gasteiger partial charge on any atom is 0.407 e. The summed E-state index contributed by atoms with van der Waals surface area (Å²) in [7, 11) is 0. The average Bonchev–Trinajstić information content (AvgIpc) is 3.16. The minimum absolute atomic E-state index is 0.0389. The number of nitrogens with zero attached hydrogens (tertiary/aromatic N) is 3. The first-order valence-corrected chi connectivity index (χ1v) is 9.62.